The number of halogens is 1. The maximum atomic E-state index is 12.7. The second-order valence-corrected chi connectivity index (χ2v) is 10.6. The van der Waals surface area contributed by atoms with Crippen LogP contribution in [0.25, 0.3) is 10.2 Å². The van der Waals surface area contributed by atoms with E-state index in [9.17, 15) is 18.0 Å². The highest BCUT2D eigenvalue weighted by Crippen LogP contribution is 2.36. The minimum atomic E-state index is -3.79. The maximum Gasteiger partial charge on any atom is 0.257 e. The van der Waals surface area contributed by atoms with Crippen molar-refractivity contribution in [1.29, 1.82) is 0 Å². The maximum absolute atomic E-state index is 12.7. The molecule has 2 aromatic carbocycles. The SMILES string of the molecule is CC1(C)CS(=O)(=O)N(c2cccc(C(=O)Nc3nc4ccc(Cl)cc4s3)c2)C1=O. The van der Waals surface area contributed by atoms with Crippen LogP contribution in [0.3, 0.4) is 0 Å². The molecule has 10 heteroatoms. The molecule has 0 spiro atoms. The Balaban J connectivity index is 1.63. The highest BCUT2D eigenvalue weighted by atomic mass is 35.5. The van der Waals surface area contributed by atoms with E-state index >= 15 is 0 Å². The van der Waals surface area contributed by atoms with Crippen molar-refractivity contribution in [3.63, 3.8) is 0 Å². The van der Waals surface area contributed by atoms with Gasteiger partial charge in [0.15, 0.2) is 5.13 Å². The van der Waals surface area contributed by atoms with E-state index in [1.165, 1.54) is 29.5 Å². The first-order valence-corrected chi connectivity index (χ1v) is 11.4. The molecule has 2 heterocycles. The van der Waals surface area contributed by atoms with Crippen LogP contribution in [0.5, 0.6) is 0 Å². The summed E-state index contributed by atoms with van der Waals surface area (Å²) in [6.45, 7) is 3.17. The number of sulfonamides is 1. The number of aromatic nitrogens is 1. The normalized spacial score (nSPS) is 17.6. The van der Waals surface area contributed by atoms with E-state index in [0.717, 1.165) is 9.01 Å². The van der Waals surface area contributed by atoms with Crippen LogP contribution < -0.4 is 9.62 Å². The Morgan fingerprint density at radius 1 is 1.24 bits per heavy atom. The lowest BCUT2D eigenvalue weighted by molar-refractivity contribution is -0.123. The van der Waals surface area contributed by atoms with Gasteiger partial charge in [0.05, 0.1) is 27.1 Å². The van der Waals surface area contributed by atoms with Crippen LogP contribution in [-0.2, 0) is 14.8 Å². The second kappa shape index (κ2) is 6.79. The number of nitrogens with zero attached hydrogens (tertiary/aromatic N) is 2. The van der Waals surface area contributed by atoms with Gasteiger partial charge in [-0.1, -0.05) is 29.0 Å². The monoisotopic (exact) mass is 449 g/mol. The van der Waals surface area contributed by atoms with Crippen molar-refractivity contribution in [2.24, 2.45) is 5.41 Å². The molecule has 29 heavy (non-hydrogen) atoms. The number of anilines is 2. The average Bonchev–Trinajstić information content (AvgIpc) is 3.08. The van der Waals surface area contributed by atoms with Crippen LogP contribution in [0.4, 0.5) is 10.8 Å². The minimum absolute atomic E-state index is 0.143. The summed E-state index contributed by atoms with van der Waals surface area (Å²) in [5.41, 5.74) is 0.0514. The Kier molecular flexibility index (Phi) is 4.64. The fraction of sp³-hybridized carbons (Fsp3) is 0.211. The number of benzene rings is 2. The second-order valence-electron chi connectivity index (χ2n) is 7.35. The Morgan fingerprint density at radius 2 is 2.00 bits per heavy atom. The van der Waals surface area contributed by atoms with E-state index in [0.29, 0.717) is 15.7 Å². The molecule has 1 N–H and O–H groups in total. The minimum Gasteiger partial charge on any atom is -0.298 e. The lowest BCUT2D eigenvalue weighted by atomic mass is 9.95. The molecular formula is C19H16ClN3O4S2. The first-order chi connectivity index (χ1) is 13.6. The van der Waals surface area contributed by atoms with Crippen molar-refractivity contribution in [3.8, 4) is 0 Å². The van der Waals surface area contributed by atoms with Crippen molar-refractivity contribution >= 4 is 65.8 Å². The van der Waals surface area contributed by atoms with E-state index in [4.69, 9.17) is 11.6 Å². The van der Waals surface area contributed by atoms with Gasteiger partial charge in [0.2, 0.25) is 15.9 Å². The van der Waals surface area contributed by atoms with Gasteiger partial charge >= 0.3 is 0 Å². The van der Waals surface area contributed by atoms with Crippen LogP contribution in [-0.4, -0.2) is 31.0 Å². The standard InChI is InChI=1S/C19H16ClN3O4S2/c1-19(2)10-29(26,27)23(17(19)25)13-5-3-4-11(8-13)16(24)22-18-21-14-7-6-12(20)9-15(14)28-18/h3-9H,10H2,1-2H3,(H,21,22,24). The van der Waals surface area contributed by atoms with E-state index in [-0.39, 0.29) is 17.0 Å². The Morgan fingerprint density at radius 3 is 2.69 bits per heavy atom. The van der Waals surface area contributed by atoms with Gasteiger partial charge in [-0.15, -0.1) is 0 Å². The molecule has 7 nitrogen and oxygen atoms in total. The first-order valence-electron chi connectivity index (χ1n) is 8.62. The van der Waals surface area contributed by atoms with E-state index in [1.54, 1.807) is 38.1 Å². The fourth-order valence-electron chi connectivity index (χ4n) is 3.16. The Bertz CT molecular complexity index is 1270. The molecule has 0 aliphatic carbocycles. The highest BCUT2D eigenvalue weighted by molar-refractivity contribution is 7.94. The molecule has 1 aliphatic heterocycles. The van der Waals surface area contributed by atoms with Gasteiger partial charge in [-0.05, 0) is 50.2 Å². The molecule has 0 bridgehead atoms. The summed E-state index contributed by atoms with van der Waals surface area (Å²) >= 11 is 7.25. The quantitative estimate of drug-likeness (QED) is 0.654. The number of fused-ring (bicyclic) bond motifs is 1. The molecule has 0 saturated carbocycles. The van der Waals surface area contributed by atoms with E-state index < -0.39 is 27.3 Å². The Hall–Kier alpha value is -2.49. The zero-order valence-corrected chi connectivity index (χ0v) is 17.9. The third kappa shape index (κ3) is 3.61. The number of nitrogens with one attached hydrogen (secondary N) is 1. The number of hydrogen-bond donors (Lipinski definition) is 1. The van der Waals surface area contributed by atoms with Crippen molar-refractivity contribution < 1.29 is 18.0 Å². The van der Waals surface area contributed by atoms with Crippen molar-refractivity contribution in [2.45, 2.75) is 13.8 Å². The van der Waals surface area contributed by atoms with Crippen LogP contribution in [0.15, 0.2) is 42.5 Å². The predicted octanol–water partition coefficient (Wildman–Crippen LogP) is 3.90. The largest absolute Gasteiger partial charge is 0.298 e. The lowest BCUT2D eigenvalue weighted by Crippen LogP contribution is -2.33. The van der Waals surface area contributed by atoms with Gasteiger partial charge in [0.1, 0.15) is 0 Å². The summed E-state index contributed by atoms with van der Waals surface area (Å²) in [5.74, 6) is -1.25. The topological polar surface area (TPSA) is 96.4 Å². The molecule has 1 saturated heterocycles. The Labute approximate surface area is 176 Å². The van der Waals surface area contributed by atoms with Crippen molar-refractivity contribution in [3.05, 3.63) is 53.1 Å². The highest BCUT2D eigenvalue weighted by Gasteiger charge is 2.49. The predicted molar refractivity (Wildman–Crippen MR) is 114 cm³/mol. The number of hydrogen-bond acceptors (Lipinski definition) is 6. The van der Waals surface area contributed by atoms with Crippen LogP contribution in [0.2, 0.25) is 5.02 Å². The molecule has 150 valence electrons. The average molecular weight is 450 g/mol. The number of carbonyl (C=O) groups excluding carboxylic acids is 2. The van der Waals surface area contributed by atoms with Gasteiger partial charge in [-0.25, -0.2) is 17.7 Å². The molecule has 0 unspecified atom stereocenters. The summed E-state index contributed by atoms with van der Waals surface area (Å²) < 4.78 is 26.6. The summed E-state index contributed by atoms with van der Waals surface area (Å²) in [5, 5.41) is 3.67. The molecule has 1 fully saturated rings. The third-order valence-electron chi connectivity index (χ3n) is 4.50. The van der Waals surface area contributed by atoms with Crippen LogP contribution >= 0.6 is 22.9 Å². The molecule has 1 aromatic heterocycles. The van der Waals surface area contributed by atoms with E-state index in [1.807, 2.05) is 0 Å². The number of amides is 2. The molecule has 2 amide bonds. The van der Waals surface area contributed by atoms with Gasteiger partial charge in [0.25, 0.3) is 5.91 Å². The third-order valence-corrected chi connectivity index (χ3v) is 7.69. The summed E-state index contributed by atoms with van der Waals surface area (Å²) in [7, 11) is -3.79. The summed E-state index contributed by atoms with van der Waals surface area (Å²) in [6, 6.07) is 11.2. The molecule has 3 aromatic rings. The van der Waals surface area contributed by atoms with Crippen LogP contribution in [0, 0.1) is 5.41 Å². The van der Waals surface area contributed by atoms with Gasteiger partial charge in [-0.3, -0.25) is 14.9 Å². The molecule has 1 aliphatic rings. The van der Waals surface area contributed by atoms with E-state index in [2.05, 4.69) is 10.3 Å². The molecular weight excluding hydrogens is 434 g/mol. The summed E-state index contributed by atoms with van der Waals surface area (Å²) in [4.78, 5) is 29.6. The number of rotatable bonds is 3. The fourth-order valence-corrected chi connectivity index (χ4v) is 6.39. The number of carbonyl (C=O) groups is 2. The van der Waals surface area contributed by atoms with Crippen LogP contribution in [0.1, 0.15) is 24.2 Å². The van der Waals surface area contributed by atoms with Gasteiger partial charge in [0, 0.05) is 10.6 Å². The lowest BCUT2D eigenvalue weighted by Gasteiger charge is -2.18. The number of thiazole rings is 1. The smallest absolute Gasteiger partial charge is 0.257 e. The molecule has 4 rings (SSSR count). The van der Waals surface area contributed by atoms with Gasteiger partial charge in [-0.2, -0.15) is 0 Å². The molecule has 0 atom stereocenters. The first kappa shape index (κ1) is 19.8. The van der Waals surface area contributed by atoms with Crippen molar-refractivity contribution in [2.75, 3.05) is 15.4 Å². The van der Waals surface area contributed by atoms with Gasteiger partial charge < -0.3 is 0 Å². The zero-order chi connectivity index (χ0) is 21.0. The summed E-state index contributed by atoms with van der Waals surface area (Å²) in [6.07, 6.45) is 0. The zero-order valence-electron chi connectivity index (χ0n) is 15.5. The van der Waals surface area contributed by atoms with Crippen molar-refractivity contribution in [1.82, 2.24) is 4.98 Å². The molecule has 0 radical (unpaired) electrons.